The smallest absolute Gasteiger partial charge is 0.128 e. The van der Waals surface area contributed by atoms with Crippen molar-refractivity contribution in [2.75, 3.05) is 37.9 Å². The Morgan fingerprint density at radius 1 is 1.40 bits per heavy atom. The summed E-state index contributed by atoms with van der Waals surface area (Å²) < 4.78 is 5.06. The van der Waals surface area contributed by atoms with Gasteiger partial charge in [-0.05, 0) is 18.1 Å². The first-order chi connectivity index (χ1) is 7.26. The minimum atomic E-state index is 0.482. The molecule has 0 radical (unpaired) electrons. The van der Waals surface area contributed by atoms with Crippen molar-refractivity contribution >= 4 is 11.6 Å². The summed E-state index contributed by atoms with van der Waals surface area (Å²) in [5.74, 6) is 2.25. The van der Waals surface area contributed by atoms with Crippen LogP contribution in [0.3, 0.4) is 0 Å². The van der Waals surface area contributed by atoms with Crippen LogP contribution in [0, 0.1) is 5.92 Å². The van der Waals surface area contributed by atoms with Crippen LogP contribution in [0.15, 0.2) is 18.2 Å². The number of hydrogen-bond acceptors (Lipinski definition) is 4. The molecule has 0 aliphatic carbocycles. The molecule has 0 aromatic carbocycles. The topological polar surface area (TPSA) is 46.2 Å². The minimum Gasteiger partial charge on any atom is -0.384 e. The van der Waals surface area contributed by atoms with Gasteiger partial charge in [0.2, 0.25) is 0 Å². The molecule has 1 aromatic heterocycles. The van der Waals surface area contributed by atoms with E-state index in [1.165, 1.54) is 0 Å². The van der Waals surface area contributed by atoms with Gasteiger partial charge >= 0.3 is 0 Å². The predicted molar refractivity (Wildman–Crippen MR) is 63.3 cm³/mol. The van der Waals surface area contributed by atoms with Gasteiger partial charge in [-0.25, -0.2) is 4.98 Å². The lowest BCUT2D eigenvalue weighted by molar-refractivity contribution is 0.164. The van der Waals surface area contributed by atoms with Crippen LogP contribution >= 0.6 is 0 Å². The van der Waals surface area contributed by atoms with Gasteiger partial charge in [0.25, 0.3) is 0 Å². The van der Waals surface area contributed by atoms with Gasteiger partial charge in [-0.2, -0.15) is 0 Å². The fraction of sp³-hybridized carbons (Fsp3) is 0.545. The first kappa shape index (κ1) is 11.8. The van der Waals surface area contributed by atoms with E-state index in [4.69, 9.17) is 4.74 Å². The van der Waals surface area contributed by atoms with E-state index in [1.54, 1.807) is 7.11 Å². The second-order valence-corrected chi connectivity index (χ2v) is 3.60. The van der Waals surface area contributed by atoms with E-state index in [2.05, 4.69) is 22.5 Å². The lowest BCUT2D eigenvalue weighted by atomic mass is 10.2. The van der Waals surface area contributed by atoms with Gasteiger partial charge < -0.3 is 15.4 Å². The number of rotatable bonds is 6. The van der Waals surface area contributed by atoms with Crippen molar-refractivity contribution in [3.63, 3.8) is 0 Å². The zero-order valence-corrected chi connectivity index (χ0v) is 9.58. The molecule has 0 aliphatic heterocycles. The monoisotopic (exact) mass is 209 g/mol. The van der Waals surface area contributed by atoms with E-state index in [0.29, 0.717) is 5.92 Å². The molecular weight excluding hydrogens is 190 g/mol. The van der Waals surface area contributed by atoms with E-state index < -0.39 is 0 Å². The zero-order chi connectivity index (χ0) is 11.1. The fourth-order valence-corrected chi connectivity index (χ4v) is 1.29. The molecular formula is C11H19N3O. The van der Waals surface area contributed by atoms with E-state index in [-0.39, 0.29) is 0 Å². The summed E-state index contributed by atoms with van der Waals surface area (Å²) in [5.41, 5.74) is 0. The molecule has 1 aromatic rings. The third-order valence-corrected chi connectivity index (χ3v) is 2.09. The number of methoxy groups -OCH3 is 1. The molecule has 1 atom stereocenters. The standard InChI is InChI=1S/C11H19N3O/c1-9(8-15-3)7-13-11-6-4-5-10(12-2)14-11/h4-6,9H,7-8H2,1-3H3,(H2,12,13,14). The number of anilines is 2. The number of ether oxygens (including phenoxy) is 1. The summed E-state index contributed by atoms with van der Waals surface area (Å²) in [6, 6.07) is 5.87. The third kappa shape index (κ3) is 4.16. The maximum atomic E-state index is 5.06. The van der Waals surface area contributed by atoms with Crippen LogP contribution in [0.5, 0.6) is 0 Å². The average molecular weight is 209 g/mol. The Kier molecular flexibility index (Phi) is 4.90. The summed E-state index contributed by atoms with van der Waals surface area (Å²) in [6.07, 6.45) is 0. The summed E-state index contributed by atoms with van der Waals surface area (Å²) in [4.78, 5) is 4.36. The van der Waals surface area contributed by atoms with Gasteiger partial charge in [-0.1, -0.05) is 13.0 Å². The van der Waals surface area contributed by atoms with Crippen LogP contribution in [0.1, 0.15) is 6.92 Å². The molecule has 0 bridgehead atoms. The summed E-state index contributed by atoms with van der Waals surface area (Å²) in [5, 5.41) is 6.28. The van der Waals surface area contributed by atoms with Gasteiger partial charge in [-0.15, -0.1) is 0 Å². The Bertz CT molecular complexity index is 291. The highest BCUT2D eigenvalue weighted by molar-refractivity contribution is 5.44. The van der Waals surface area contributed by atoms with Crippen molar-refractivity contribution in [1.82, 2.24) is 4.98 Å². The van der Waals surface area contributed by atoms with Crippen LogP contribution in [0.25, 0.3) is 0 Å². The minimum absolute atomic E-state index is 0.482. The molecule has 0 aliphatic rings. The highest BCUT2D eigenvalue weighted by Crippen LogP contribution is 2.08. The molecule has 0 spiro atoms. The maximum absolute atomic E-state index is 5.06. The Hall–Kier alpha value is -1.29. The average Bonchev–Trinajstić information content (AvgIpc) is 2.27. The molecule has 0 saturated heterocycles. The Balaban J connectivity index is 2.43. The van der Waals surface area contributed by atoms with Crippen molar-refractivity contribution in [2.24, 2.45) is 5.92 Å². The van der Waals surface area contributed by atoms with E-state index >= 15 is 0 Å². The van der Waals surface area contributed by atoms with Crippen LogP contribution in [0.2, 0.25) is 0 Å². The number of nitrogens with zero attached hydrogens (tertiary/aromatic N) is 1. The molecule has 4 nitrogen and oxygen atoms in total. The molecule has 1 unspecified atom stereocenters. The molecule has 2 N–H and O–H groups in total. The molecule has 0 amide bonds. The van der Waals surface area contributed by atoms with E-state index in [9.17, 15) is 0 Å². The van der Waals surface area contributed by atoms with Crippen LogP contribution in [-0.2, 0) is 4.74 Å². The number of pyridine rings is 1. The van der Waals surface area contributed by atoms with Crippen LogP contribution in [-0.4, -0.2) is 32.3 Å². The van der Waals surface area contributed by atoms with Gasteiger partial charge in [0, 0.05) is 20.7 Å². The normalized spacial score (nSPS) is 12.2. The van der Waals surface area contributed by atoms with Gasteiger partial charge in [0.15, 0.2) is 0 Å². The van der Waals surface area contributed by atoms with Crippen molar-refractivity contribution in [3.05, 3.63) is 18.2 Å². The molecule has 0 fully saturated rings. The number of hydrogen-bond donors (Lipinski definition) is 2. The Morgan fingerprint density at radius 3 is 2.80 bits per heavy atom. The first-order valence-corrected chi connectivity index (χ1v) is 5.14. The van der Waals surface area contributed by atoms with Crippen molar-refractivity contribution in [3.8, 4) is 0 Å². The highest BCUT2D eigenvalue weighted by atomic mass is 16.5. The maximum Gasteiger partial charge on any atom is 0.128 e. The highest BCUT2D eigenvalue weighted by Gasteiger charge is 2.01. The molecule has 1 rings (SSSR count). The summed E-state index contributed by atoms with van der Waals surface area (Å²) >= 11 is 0. The first-order valence-electron chi connectivity index (χ1n) is 5.14. The predicted octanol–water partition coefficient (Wildman–Crippen LogP) is 1.82. The third-order valence-electron chi connectivity index (χ3n) is 2.09. The van der Waals surface area contributed by atoms with E-state index in [0.717, 1.165) is 24.8 Å². The molecule has 4 heteroatoms. The molecule has 84 valence electrons. The largest absolute Gasteiger partial charge is 0.384 e. The Morgan fingerprint density at radius 2 is 2.13 bits per heavy atom. The molecule has 0 saturated carbocycles. The second-order valence-electron chi connectivity index (χ2n) is 3.60. The van der Waals surface area contributed by atoms with E-state index in [1.807, 2.05) is 25.2 Å². The summed E-state index contributed by atoms with van der Waals surface area (Å²) in [7, 11) is 3.58. The van der Waals surface area contributed by atoms with Crippen molar-refractivity contribution < 1.29 is 4.74 Å². The molecule has 1 heterocycles. The van der Waals surface area contributed by atoms with Crippen molar-refractivity contribution in [1.29, 1.82) is 0 Å². The summed E-state index contributed by atoms with van der Waals surface area (Å²) in [6.45, 7) is 3.77. The van der Waals surface area contributed by atoms with Crippen LogP contribution in [0.4, 0.5) is 11.6 Å². The fourth-order valence-electron chi connectivity index (χ4n) is 1.29. The van der Waals surface area contributed by atoms with Crippen molar-refractivity contribution in [2.45, 2.75) is 6.92 Å². The quantitative estimate of drug-likeness (QED) is 0.750. The van der Waals surface area contributed by atoms with Gasteiger partial charge in [0.1, 0.15) is 11.6 Å². The number of nitrogens with one attached hydrogen (secondary N) is 2. The Labute approximate surface area is 91.1 Å². The second kappa shape index (κ2) is 6.24. The zero-order valence-electron chi connectivity index (χ0n) is 9.58. The molecule has 15 heavy (non-hydrogen) atoms. The van der Waals surface area contributed by atoms with Gasteiger partial charge in [0.05, 0.1) is 6.61 Å². The van der Waals surface area contributed by atoms with Gasteiger partial charge in [-0.3, -0.25) is 0 Å². The number of aromatic nitrogens is 1. The van der Waals surface area contributed by atoms with Crippen LogP contribution < -0.4 is 10.6 Å². The lowest BCUT2D eigenvalue weighted by Gasteiger charge is -2.12. The lowest BCUT2D eigenvalue weighted by Crippen LogP contribution is -2.16. The SMILES string of the molecule is CNc1cccc(NCC(C)COC)n1.